The van der Waals surface area contributed by atoms with E-state index in [-0.39, 0.29) is 11.7 Å². The normalized spacial score (nSPS) is 9.81. The van der Waals surface area contributed by atoms with Crippen LogP contribution in [0.2, 0.25) is 0 Å². The Labute approximate surface area is 98.6 Å². The molecule has 0 spiro atoms. The monoisotopic (exact) mass is 238 g/mol. The van der Waals surface area contributed by atoms with Crippen molar-refractivity contribution in [1.29, 1.82) is 0 Å². The Bertz CT molecular complexity index is 376. The standard InChI is InChI=1S/C11H14N2O2S/c1-2-8-3-5-9(6-4-8)13-10(14)7-16-11(12)15/h3-6H,2,7H2,1H3,(H2,12,15)(H,13,14). The predicted octanol–water partition coefficient (Wildman–Crippen LogP) is 2.00. The van der Waals surface area contributed by atoms with Crippen molar-refractivity contribution >= 4 is 28.6 Å². The van der Waals surface area contributed by atoms with E-state index in [0.29, 0.717) is 0 Å². The molecule has 4 nitrogen and oxygen atoms in total. The molecule has 0 aliphatic carbocycles. The van der Waals surface area contributed by atoms with Crippen molar-refractivity contribution in [3.8, 4) is 0 Å². The molecule has 0 unspecified atom stereocenters. The summed E-state index contributed by atoms with van der Waals surface area (Å²) in [5.41, 5.74) is 6.86. The average Bonchev–Trinajstić information content (AvgIpc) is 2.27. The van der Waals surface area contributed by atoms with Crippen molar-refractivity contribution in [1.82, 2.24) is 0 Å². The van der Waals surface area contributed by atoms with E-state index in [4.69, 9.17) is 5.73 Å². The SMILES string of the molecule is CCc1ccc(NC(=O)CSC(N)=O)cc1. The minimum atomic E-state index is -0.545. The molecule has 0 fully saturated rings. The number of nitrogens with two attached hydrogens (primary N) is 1. The second kappa shape index (κ2) is 6.17. The summed E-state index contributed by atoms with van der Waals surface area (Å²) in [6, 6.07) is 7.59. The van der Waals surface area contributed by atoms with Crippen LogP contribution in [0.25, 0.3) is 0 Å². The van der Waals surface area contributed by atoms with E-state index in [1.807, 2.05) is 24.3 Å². The third kappa shape index (κ3) is 4.35. The van der Waals surface area contributed by atoms with Gasteiger partial charge in [0, 0.05) is 5.69 Å². The first-order valence-corrected chi connectivity index (χ1v) is 5.91. The van der Waals surface area contributed by atoms with E-state index in [1.54, 1.807) is 0 Å². The Morgan fingerprint density at radius 2 is 1.94 bits per heavy atom. The van der Waals surface area contributed by atoms with Crippen LogP contribution in [-0.2, 0) is 11.2 Å². The zero-order chi connectivity index (χ0) is 12.0. The summed E-state index contributed by atoms with van der Waals surface area (Å²) >= 11 is 0.793. The summed E-state index contributed by atoms with van der Waals surface area (Å²) < 4.78 is 0. The molecule has 16 heavy (non-hydrogen) atoms. The third-order valence-corrected chi connectivity index (χ3v) is 2.68. The molecule has 0 aliphatic rings. The van der Waals surface area contributed by atoms with Gasteiger partial charge in [-0.25, -0.2) is 0 Å². The molecule has 86 valence electrons. The fraction of sp³-hybridized carbons (Fsp3) is 0.273. The van der Waals surface area contributed by atoms with Crippen LogP contribution in [0, 0.1) is 0 Å². The predicted molar refractivity (Wildman–Crippen MR) is 66.5 cm³/mol. The number of rotatable bonds is 4. The summed E-state index contributed by atoms with van der Waals surface area (Å²) in [5.74, 6) is -0.182. The van der Waals surface area contributed by atoms with Gasteiger partial charge in [-0.05, 0) is 24.1 Å². The molecule has 0 heterocycles. The van der Waals surface area contributed by atoms with Gasteiger partial charge >= 0.3 is 0 Å². The number of nitrogens with one attached hydrogen (secondary N) is 1. The maximum Gasteiger partial charge on any atom is 0.276 e. The van der Waals surface area contributed by atoms with Crippen molar-refractivity contribution in [2.75, 3.05) is 11.1 Å². The third-order valence-electron chi connectivity index (χ3n) is 1.99. The van der Waals surface area contributed by atoms with Crippen LogP contribution in [0.5, 0.6) is 0 Å². The lowest BCUT2D eigenvalue weighted by atomic mass is 10.1. The van der Waals surface area contributed by atoms with Crippen LogP contribution < -0.4 is 11.1 Å². The molecule has 0 aliphatic heterocycles. The van der Waals surface area contributed by atoms with Gasteiger partial charge in [-0.2, -0.15) is 0 Å². The summed E-state index contributed by atoms with van der Waals surface area (Å²) in [6.45, 7) is 2.07. The van der Waals surface area contributed by atoms with Crippen LogP contribution in [0.15, 0.2) is 24.3 Å². The zero-order valence-electron chi connectivity index (χ0n) is 9.03. The molecule has 2 amide bonds. The van der Waals surface area contributed by atoms with E-state index >= 15 is 0 Å². The molecule has 0 radical (unpaired) electrons. The van der Waals surface area contributed by atoms with Gasteiger partial charge in [0.2, 0.25) is 5.91 Å². The molecular weight excluding hydrogens is 224 g/mol. The number of amides is 2. The number of primary amides is 1. The molecule has 0 saturated heterocycles. The van der Waals surface area contributed by atoms with Crippen molar-refractivity contribution in [2.45, 2.75) is 13.3 Å². The van der Waals surface area contributed by atoms with Crippen LogP contribution >= 0.6 is 11.8 Å². The molecule has 0 bridgehead atoms. The summed E-state index contributed by atoms with van der Waals surface area (Å²) in [6.07, 6.45) is 0.964. The number of aryl methyl sites for hydroxylation is 1. The Balaban J connectivity index is 2.46. The Morgan fingerprint density at radius 3 is 2.44 bits per heavy atom. The molecule has 0 saturated carbocycles. The first-order valence-electron chi connectivity index (χ1n) is 4.93. The molecule has 5 heteroatoms. The van der Waals surface area contributed by atoms with Crippen LogP contribution in [0.4, 0.5) is 10.5 Å². The van der Waals surface area contributed by atoms with Crippen LogP contribution in [-0.4, -0.2) is 16.9 Å². The number of thioether (sulfide) groups is 1. The van der Waals surface area contributed by atoms with Crippen LogP contribution in [0.3, 0.4) is 0 Å². The fourth-order valence-corrected chi connectivity index (χ4v) is 1.50. The first-order chi connectivity index (χ1) is 7.61. The van der Waals surface area contributed by atoms with Gasteiger partial charge in [-0.15, -0.1) is 0 Å². The quantitative estimate of drug-likeness (QED) is 0.842. The first kappa shape index (κ1) is 12.6. The van der Waals surface area contributed by atoms with Crippen molar-refractivity contribution < 1.29 is 9.59 Å². The highest BCUT2D eigenvalue weighted by Gasteiger charge is 2.04. The van der Waals surface area contributed by atoms with E-state index < -0.39 is 5.24 Å². The lowest BCUT2D eigenvalue weighted by molar-refractivity contribution is -0.113. The van der Waals surface area contributed by atoms with Gasteiger partial charge in [-0.3, -0.25) is 9.59 Å². The number of carbonyl (C=O) groups excluding carboxylic acids is 2. The number of anilines is 1. The smallest absolute Gasteiger partial charge is 0.276 e. The van der Waals surface area contributed by atoms with Gasteiger partial charge < -0.3 is 11.1 Å². The summed E-state index contributed by atoms with van der Waals surface area (Å²) in [4.78, 5) is 21.8. The maximum atomic E-state index is 11.3. The second-order valence-corrected chi connectivity index (χ2v) is 4.19. The highest BCUT2D eigenvalue weighted by Crippen LogP contribution is 2.10. The zero-order valence-corrected chi connectivity index (χ0v) is 9.84. The van der Waals surface area contributed by atoms with Gasteiger partial charge in [0.05, 0.1) is 5.75 Å². The fourth-order valence-electron chi connectivity index (χ4n) is 1.16. The van der Waals surface area contributed by atoms with E-state index in [0.717, 1.165) is 23.9 Å². The van der Waals surface area contributed by atoms with Crippen molar-refractivity contribution in [3.05, 3.63) is 29.8 Å². The van der Waals surface area contributed by atoms with Gasteiger partial charge in [-0.1, -0.05) is 30.8 Å². The lowest BCUT2D eigenvalue weighted by Crippen LogP contribution is -2.16. The largest absolute Gasteiger partial charge is 0.361 e. The highest BCUT2D eigenvalue weighted by molar-refractivity contribution is 8.14. The number of carbonyl (C=O) groups is 2. The average molecular weight is 238 g/mol. The lowest BCUT2D eigenvalue weighted by Gasteiger charge is -2.04. The maximum absolute atomic E-state index is 11.3. The number of hydrogen-bond donors (Lipinski definition) is 2. The molecule has 1 aromatic rings. The molecule has 1 aromatic carbocycles. The van der Waals surface area contributed by atoms with Crippen LogP contribution in [0.1, 0.15) is 12.5 Å². The van der Waals surface area contributed by atoms with Gasteiger partial charge in [0.15, 0.2) is 0 Å². The Morgan fingerprint density at radius 1 is 1.31 bits per heavy atom. The highest BCUT2D eigenvalue weighted by atomic mass is 32.2. The second-order valence-electron chi connectivity index (χ2n) is 3.21. The Hall–Kier alpha value is -1.49. The molecule has 0 atom stereocenters. The molecule has 1 rings (SSSR count). The minimum Gasteiger partial charge on any atom is -0.361 e. The van der Waals surface area contributed by atoms with E-state index in [9.17, 15) is 9.59 Å². The van der Waals surface area contributed by atoms with E-state index in [2.05, 4.69) is 12.2 Å². The number of benzene rings is 1. The van der Waals surface area contributed by atoms with Crippen molar-refractivity contribution in [2.24, 2.45) is 5.73 Å². The van der Waals surface area contributed by atoms with Crippen molar-refractivity contribution in [3.63, 3.8) is 0 Å². The molecule has 0 aromatic heterocycles. The summed E-state index contributed by atoms with van der Waals surface area (Å²) in [5, 5.41) is 2.14. The summed E-state index contributed by atoms with van der Waals surface area (Å²) in [7, 11) is 0. The Kier molecular flexibility index (Phi) is 4.85. The van der Waals surface area contributed by atoms with E-state index in [1.165, 1.54) is 5.56 Å². The van der Waals surface area contributed by atoms with Gasteiger partial charge in [0.1, 0.15) is 0 Å². The molecule has 3 N–H and O–H groups in total. The topological polar surface area (TPSA) is 72.2 Å². The van der Waals surface area contributed by atoms with Gasteiger partial charge in [0.25, 0.3) is 5.24 Å². The number of hydrogen-bond acceptors (Lipinski definition) is 3. The molecular formula is C11H14N2O2S. The minimum absolute atomic E-state index is 0.0465.